The molecule has 13 heteroatoms. The number of nitrogens with one attached hydrogen (secondary N) is 4. The van der Waals surface area contributed by atoms with Crippen LogP contribution in [0.2, 0.25) is 0 Å². The minimum atomic E-state index is -1.39. The first-order valence-corrected chi connectivity index (χ1v) is 10.8. The molecule has 5 rings (SSSR count). The van der Waals surface area contributed by atoms with Gasteiger partial charge < -0.3 is 32.0 Å². The van der Waals surface area contributed by atoms with Gasteiger partial charge in [0.05, 0.1) is 22.6 Å². The summed E-state index contributed by atoms with van der Waals surface area (Å²) < 4.78 is 0. The molecule has 0 spiro atoms. The van der Waals surface area contributed by atoms with Gasteiger partial charge in [0.25, 0.3) is 0 Å². The number of nitrogen functional groups attached to an aromatic ring is 1. The van der Waals surface area contributed by atoms with E-state index in [4.69, 9.17) is 21.9 Å². The number of allylic oxidation sites excluding steroid dienone is 2. The molecule has 36 heavy (non-hydrogen) atoms. The Balaban J connectivity index is 1.76. The van der Waals surface area contributed by atoms with Crippen molar-refractivity contribution in [1.29, 1.82) is 5.41 Å². The number of aromatic nitrogens is 6. The van der Waals surface area contributed by atoms with Gasteiger partial charge in [-0.25, -0.2) is 14.9 Å². The molecule has 0 bridgehead atoms. The number of nitrogens with zero attached hydrogens (tertiary/aromatic N) is 4. The van der Waals surface area contributed by atoms with Crippen LogP contribution in [0.15, 0.2) is 54.6 Å². The van der Waals surface area contributed by atoms with Crippen LogP contribution in [0.25, 0.3) is 22.2 Å². The number of aromatic amines is 2. The second kappa shape index (κ2) is 8.63. The Bertz CT molecular complexity index is 1540. The highest BCUT2D eigenvalue weighted by molar-refractivity contribution is 5.98. The number of hydrogen-bond donors (Lipinski definition) is 8. The molecule has 182 valence electrons. The molecule has 0 fully saturated rings. The van der Waals surface area contributed by atoms with Gasteiger partial charge in [0.15, 0.2) is 5.82 Å². The second-order valence-corrected chi connectivity index (χ2v) is 8.36. The quantitative estimate of drug-likeness (QED) is 0.141. The van der Waals surface area contributed by atoms with Crippen molar-refractivity contribution in [2.75, 3.05) is 6.54 Å². The smallest absolute Gasteiger partial charge is 0.312 e. The van der Waals surface area contributed by atoms with Gasteiger partial charge in [-0.2, -0.15) is 0 Å². The predicted molar refractivity (Wildman–Crippen MR) is 131 cm³/mol. The van der Waals surface area contributed by atoms with Crippen molar-refractivity contribution < 1.29 is 15.0 Å². The Kier molecular flexibility index (Phi) is 5.45. The average molecular weight is 486 g/mol. The van der Waals surface area contributed by atoms with E-state index in [-0.39, 0.29) is 18.1 Å². The highest BCUT2D eigenvalue weighted by Crippen LogP contribution is 2.44. The summed E-state index contributed by atoms with van der Waals surface area (Å²) in [4.78, 5) is 19.7. The first-order chi connectivity index (χ1) is 17.3. The number of tetrazole rings is 1. The summed E-state index contributed by atoms with van der Waals surface area (Å²) in [6, 6.07) is 10.8. The van der Waals surface area contributed by atoms with Gasteiger partial charge in [-0.3, -0.25) is 5.41 Å². The van der Waals surface area contributed by atoms with Crippen LogP contribution >= 0.6 is 0 Å². The fourth-order valence-corrected chi connectivity index (χ4v) is 4.34. The number of phenols is 1. The number of benzene rings is 2. The van der Waals surface area contributed by atoms with Crippen molar-refractivity contribution in [3.63, 3.8) is 0 Å². The van der Waals surface area contributed by atoms with E-state index in [1.54, 1.807) is 48.6 Å². The Morgan fingerprint density at radius 1 is 1.22 bits per heavy atom. The van der Waals surface area contributed by atoms with Gasteiger partial charge >= 0.3 is 6.03 Å². The number of aromatic hydroxyl groups is 1. The van der Waals surface area contributed by atoms with E-state index in [2.05, 4.69) is 30.9 Å². The number of nitrogens with two attached hydrogens (primary N) is 2. The van der Waals surface area contributed by atoms with E-state index >= 15 is 0 Å². The lowest BCUT2D eigenvalue weighted by atomic mass is 9.71. The zero-order chi connectivity index (χ0) is 25.4. The Labute approximate surface area is 203 Å². The first kappa shape index (κ1) is 22.7. The third kappa shape index (κ3) is 3.82. The normalized spacial score (nSPS) is 19.5. The number of rotatable bonds is 6. The highest BCUT2D eigenvalue weighted by Gasteiger charge is 2.46. The SMILES string of the molecule is N=C(N)c1ccc2[nH]c(C3(CNC(N)=O)C=C(c4nnn[nH]4)C=C(c4ccccc4O)C3O)nc2c1. The van der Waals surface area contributed by atoms with Crippen molar-refractivity contribution in [2.45, 2.75) is 11.5 Å². The number of aliphatic hydroxyl groups is 1. The van der Waals surface area contributed by atoms with Gasteiger partial charge in [0, 0.05) is 23.2 Å². The van der Waals surface area contributed by atoms with Gasteiger partial charge in [-0.05, 0) is 46.3 Å². The lowest BCUT2D eigenvalue weighted by molar-refractivity contribution is 0.152. The molecule has 1 aliphatic rings. The summed E-state index contributed by atoms with van der Waals surface area (Å²) in [5, 5.41) is 46.7. The van der Waals surface area contributed by atoms with Crippen LogP contribution < -0.4 is 16.8 Å². The third-order valence-electron chi connectivity index (χ3n) is 6.13. The molecule has 10 N–H and O–H groups in total. The molecule has 2 aromatic carbocycles. The lowest BCUT2D eigenvalue weighted by Crippen LogP contribution is -2.51. The number of fused-ring (bicyclic) bond motifs is 1. The molecule has 0 radical (unpaired) electrons. The lowest BCUT2D eigenvalue weighted by Gasteiger charge is -2.38. The summed E-state index contributed by atoms with van der Waals surface area (Å²) in [6.07, 6.45) is 2.04. The van der Waals surface area contributed by atoms with Crippen LogP contribution in [-0.4, -0.2) is 65.3 Å². The van der Waals surface area contributed by atoms with E-state index in [9.17, 15) is 15.0 Å². The number of amidine groups is 1. The molecule has 2 aromatic heterocycles. The van der Waals surface area contributed by atoms with Crippen LogP contribution in [0.5, 0.6) is 5.75 Å². The van der Waals surface area contributed by atoms with E-state index < -0.39 is 17.6 Å². The number of aliphatic hydroxyl groups excluding tert-OH is 1. The molecule has 0 saturated carbocycles. The average Bonchev–Trinajstić information content (AvgIpc) is 3.54. The van der Waals surface area contributed by atoms with Crippen molar-refractivity contribution in [1.82, 2.24) is 35.9 Å². The molecule has 0 aliphatic heterocycles. The minimum absolute atomic E-state index is 0.0489. The molecule has 0 saturated heterocycles. The highest BCUT2D eigenvalue weighted by atomic mass is 16.3. The monoisotopic (exact) mass is 486 g/mol. The van der Waals surface area contributed by atoms with Gasteiger partial charge in [0.2, 0.25) is 0 Å². The Morgan fingerprint density at radius 3 is 2.72 bits per heavy atom. The van der Waals surface area contributed by atoms with Crippen LogP contribution in [0.3, 0.4) is 0 Å². The van der Waals surface area contributed by atoms with E-state index in [1.807, 2.05) is 0 Å². The van der Waals surface area contributed by atoms with Gasteiger partial charge in [-0.15, -0.1) is 5.10 Å². The first-order valence-electron chi connectivity index (χ1n) is 10.8. The molecule has 1 aliphatic carbocycles. The number of amides is 2. The fraction of sp³-hybridized carbons (Fsp3) is 0.130. The Hall–Kier alpha value is -5.04. The van der Waals surface area contributed by atoms with Crippen molar-refractivity contribution in [2.24, 2.45) is 11.5 Å². The van der Waals surface area contributed by atoms with Crippen LogP contribution in [0, 0.1) is 5.41 Å². The number of para-hydroxylation sites is 1. The molecule has 2 unspecified atom stereocenters. The molecule has 2 atom stereocenters. The van der Waals surface area contributed by atoms with Crippen LogP contribution in [0.1, 0.15) is 22.8 Å². The number of H-pyrrole nitrogens is 2. The predicted octanol–water partition coefficient (Wildman–Crippen LogP) is 0.513. The topological polar surface area (TPSA) is 229 Å². The number of imidazole rings is 1. The maximum absolute atomic E-state index is 11.8. The summed E-state index contributed by atoms with van der Waals surface area (Å²) >= 11 is 0. The minimum Gasteiger partial charge on any atom is -0.507 e. The van der Waals surface area contributed by atoms with Gasteiger partial charge in [0.1, 0.15) is 17.4 Å². The maximum atomic E-state index is 11.8. The number of carbonyl (C=O) groups is 1. The fourth-order valence-electron chi connectivity index (χ4n) is 4.34. The van der Waals surface area contributed by atoms with Crippen molar-refractivity contribution in [3.05, 3.63) is 77.4 Å². The van der Waals surface area contributed by atoms with E-state index in [0.29, 0.717) is 45.0 Å². The number of hydrogen-bond acceptors (Lipinski definition) is 8. The molecule has 2 heterocycles. The maximum Gasteiger partial charge on any atom is 0.312 e. The number of carbonyl (C=O) groups excluding carboxylic acids is 1. The number of primary amides is 1. The van der Waals surface area contributed by atoms with Crippen molar-refractivity contribution in [3.8, 4) is 5.75 Å². The zero-order valence-electron chi connectivity index (χ0n) is 18.7. The van der Waals surface area contributed by atoms with E-state index in [0.717, 1.165) is 0 Å². The summed E-state index contributed by atoms with van der Waals surface area (Å²) in [7, 11) is 0. The summed E-state index contributed by atoms with van der Waals surface area (Å²) in [6.45, 7) is -0.154. The van der Waals surface area contributed by atoms with E-state index in [1.165, 1.54) is 6.07 Å². The van der Waals surface area contributed by atoms with Crippen molar-refractivity contribution >= 4 is 34.0 Å². The molecule has 4 aromatic rings. The van der Waals surface area contributed by atoms with Crippen LogP contribution in [-0.2, 0) is 5.41 Å². The zero-order valence-corrected chi connectivity index (χ0v) is 18.7. The standard InChI is InChI=1S/C23H22N10O3/c24-19(25)11-5-6-15-16(8-11)29-21(28-15)23(10-27-22(26)36)9-12(20-30-32-33-31-20)7-14(18(23)35)13-3-1-2-4-17(13)34/h1-9,18,34-35H,10H2,(H3,24,25)(H,28,29)(H3,26,27,36)(H,30,31,32,33). The van der Waals surface area contributed by atoms with Gasteiger partial charge in [-0.1, -0.05) is 24.3 Å². The summed E-state index contributed by atoms with van der Waals surface area (Å²) in [5.41, 5.74) is 12.5. The molecular formula is C23H22N10O3. The Morgan fingerprint density at radius 2 is 2.03 bits per heavy atom. The summed E-state index contributed by atoms with van der Waals surface area (Å²) in [5.74, 6) is 0.431. The molecule has 13 nitrogen and oxygen atoms in total. The van der Waals surface area contributed by atoms with Crippen LogP contribution in [0.4, 0.5) is 4.79 Å². The number of urea groups is 1. The number of phenolic OH excluding ortho intramolecular Hbond substituents is 1. The third-order valence-corrected chi connectivity index (χ3v) is 6.13. The largest absolute Gasteiger partial charge is 0.507 e. The second-order valence-electron chi connectivity index (χ2n) is 8.36. The molecular weight excluding hydrogens is 464 g/mol. The molecule has 2 amide bonds.